The van der Waals surface area contributed by atoms with Crippen molar-refractivity contribution in [2.45, 2.75) is 32.0 Å². The van der Waals surface area contributed by atoms with Crippen molar-refractivity contribution in [3.05, 3.63) is 23.3 Å². The summed E-state index contributed by atoms with van der Waals surface area (Å²) in [4.78, 5) is 24.3. The molecule has 0 aromatic heterocycles. The van der Waals surface area contributed by atoms with E-state index in [0.717, 1.165) is 12.1 Å². The van der Waals surface area contributed by atoms with Crippen LogP contribution >= 0.6 is 0 Å². The van der Waals surface area contributed by atoms with Crippen LogP contribution in [0.3, 0.4) is 0 Å². The van der Waals surface area contributed by atoms with Crippen molar-refractivity contribution in [2.24, 2.45) is 0 Å². The first kappa shape index (κ1) is 18.9. The second-order valence-corrected chi connectivity index (χ2v) is 5.78. The number of alkyl halides is 3. The normalized spacial score (nSPS) is 17.5. The molecular weight excluding hydrogens is 341 g/mol. The number of hydrogen-bond acceptors (Lipinski definition) is 6. The van der Waals surface area contributed by atoms with E-state index < -0.39 is 35.5 Å². The number of carbonyl (C=O) groups excluding carboxylic acids is 2. The van der Waals surface area contributed by atoms with Gasteiger partial charge in [-0.1, -0.05) is 0 Å². The van der Waals surface area contributed by atoms with Gasteiger partial charge in [-0.25, -0.2) is 0 Å². The molecule has 0 radical (unpaired) electrons. The van der Waals surface area contributed by atoms with E-state index in [1.807, 2.05) is 0 Å². The minimum absolute atomic E-state index is 0.205. The highest BCUT2D eigenvalue weighted by Crippen LogP contribution is 2.39. The fourth-order valence-corrected chi connectivity index (χ4v) is 2.84. The van der Waals surface area contributed by atoms with Gasteiger partial charge in [-0.2, -0.15) is 13.2 Å². The lowest BCUT2D eigenvalue weighted by Gasteiger charge is -2.24. The quantitative estimate of drug-likeness (QED) is 0.654. The van der Waals surface area contributed by atoms with Crippen LogP contribution in [0.4, 0.5) is 24.5 Å². The van der Waals surface area contributed by atoms with Crippen LogP contribution in [0, 0.1) is 0 Å². The molecule has 1 heterocycles. The SMILES string of the molecule is COC(=O)Cc1cc(N)c(C(F)(F)F)cc1N1CC[C@@H](OC(C)=O)C1. The predicted molar refractivity (Wildman–Crippen MR) is 84.0 cm³/mol. The van der Waals surface area contributed by atoms with Crippen molar-refractivity contribution >= 4 is 23.3 Å². The third kappa shape index (κ3) is 4.55. The largest absolute Gasteiger partial charge is 0.469 e. The van der Waals surface area contributed by atoms with E-state index in [9.17, 15) is 22.8 Å². The summed E-state index contributed by atoms with van der Waals surface area (Å²) in [6.45, 7) is 1.92. The number of nitrogens with two attached hydrogens (primary N) is 1. The molecule has 0 unspecified atom stereocenters. The molecule has 0 spiro atoms. The van der Waals surface area contributed by atoms with Crippen molar-refractivity contribution in [1.82, 2.24) is 0 Å². The molecule has 0 amide bonds. The van der Waals surface area contributed by atoms with Gasteiger partial charge in [-0.05, 0) is 17.7 Å². The number of benzene rings is 1. The monoisotopic (exact) mass is 360 g/mol. The number of rotatable bonds is 4. The van der Waals surface area contributed by atoms with E-state index in [0.29, 0.717) is 18.5 Å². The van der Waals surface area contributed by atoms with Gasteiger partial charge in [0.1, 0.15) is 6.10 Å². The molecule has 0 aliphatic carbocycles. The highest BCUT2D eigenvalue weighted by molar-refractivity contribution is 5.77. The summed E-state index contributed by atoms with van der Waals surface area (Å²) < 4.78 is 49.2. The molecule has 9 heteroatoms. The van der Waals surface area contributed by atoms with Gasteiger partial charge in [0, 0.05) is 31.3 Å². The second kappa shape index (κ2) is 7.20. The fraction of sp³-hybridized carbons (Fsp3) is 0.500. The molecule has 0 bridgehead atoms. The zero-order valence-electron chi connectivity index (χ0n) is 13.9. The van der Waals surface area contributed by atoms with E-state index in [1.54, 1.807) is 4.90 Å². The average molecular weight is 360 g/mol. The lowest BCUT2D eigenvalue weighted by Crippen LogP contribution is -2.26. The molecule has 2 N–H and O–H groups in total. The van der Waals surface area contributed by atoms with Gasteiger partial charge < -0.3 is 20.1 Å². The molecule has 1 atom stereocenters. The second-order valence-electron chi connectivity index (χ2n) is 5.78. The van der Waals surface area contributed by atoms with Gasteiger partial charge in [-0.15, -0.1) is 0 Å². The Morgan fingerprint density at radius 1 is 1.36 bits per heavy atom. The Balaban J connectivity index is 2.39. The van der Waals surface area contributed by atoms with Crippen molar-refractivity contribution in [2.75, 3.05) is 30.8 Å². The molecule has 25 heavy (non-hydrogen) atoms. The Hall–Kier alpha value is -2.45. The van der Waals surface area contributed by atoms with Crippen molar-refractivity contribution in [1.29, 1.82) is 0 Å². The number of nitrogens with zero attached hydrogens (tertiary/aromatic N) is 1. The molecule has 6 nitrogen and oxygen atoms in total. The zero-order chi connectivity index (χ0) is 18.8. The highest BCUT2D eigenvalue weighted by Gasteiger charge is 2.35. The van der Waals surface area contributed by atoms with E-state index >= 15 is 0 Å². The smallest absolute Gasteiger partial charge is 0.418 e. The Morgan fingerprint density at radius 3 is 2.60 bits per heavy atom. The maximum absolute atomic E-state index is 13.2. The van der Waals surface area contributed by atoms with Crippen molar-refractivity contribution in [3.8, 4) is 0 Å². The fourth-order valence-electron chi connectivity index (χ4n) is 2.84. The summed E-state index contributed by atoms with van der Waals surface area (Å²) in [5.41, 5.74) is 4.68. The van der Waals surface area contributed by atoms with E-state index in [-0.39, 0.29) is 18.7 Å². The Labute approximate surface area is 142 Å². The van der Waals surface area contributed by atoms with Crippen LogP contribution in [0.2, 0.25) is 0 Å². The van der Waals surface area contributed by atoms with Crippen LogP contribution in [0.25, 0.3) is 0 Å². The first-order chi connectivity index (χ1) is 11.6. The summed E-state index contributed by atoms with van der Waals surface area (Å²) in [5, 5.41) is 0. The number of esters is 2. The molecular formula is C16H19F3N2O4. The van der Waals surface area contributed by atoms with Crippen molar-refractivity contribution < 1.29 is 32.2 Å². The number of hydrogen-bond donors (Lipinski definition) is 1. The van der Waals surface area contributed by atoms with Crippen LogP contribution in [0.1, 0.15) is 24.5 Å². The third-order valence-electron chi connectivity index (χ3n) is 3.94. The lowest BCUT2D eigenvalue weighted by atomic mass is 10.0. The van der Waals surface area contributed by atoms with Gasteiger partial charge in [0.2, 0.25) is 0 Å². The van der Waals surface area contributed by atoms with Gasteiger partial charge in [0.05, 0.1) is 25.6 Å². The standard InChI is InChI=1S/C16H19F3N2O4/c1-9(22)25-11-3-4-21(8-11)14-7-12(16(17,18)19)13(20)5-10(14)6-15(23)24-2/h5,7,11H,3-4,6,8,20H2,1-2H3/t11-/m1/s1. The predicted octanol–water partition coefficient (Wildman–Crippen LogP) is 2.14. The van der Waals surface area contributed by atoms with E-state index in [2.05, 4.69) is 4.74 Å². The molecule has 1 aromatic carbocycles. The van der Waals surface area contributed by atoms with Crippen LogP contribution in [0.5, 0.6) is 0 Å². The highest BCUT2D eigenvalue weighted by atomic mass is 19.4. The molecule has 1 aromatic rings. The molecule has 1 fully saturated rings. The lowest BCUT2D eigenvalue weighted by molar-refractivity contribution is -0.145. The first-order valence-corrected chi connectivity index (χ1v) is 7.60. The van der Waals surface area contributed by atoms with Gasteiger partial charge in [0.25, 0.3) is 0 Å². The summed E-state index contributed by atoms with van der Waals surface area (Å²) in [7, 11) is 1.20. The van der Waals surface area contributed by atoms with Crippen LogP contribution in [0.15, 0.2) is 12.1 Å². The third-order valence-corrected chi connectivity index (χ3v) is 3.94. The maximum Gasteiger partial charge on any atom is 0.418 e. The Bertz CT molecular complexity index is 676. The number of ether oxygens (including phenoxy) is 2. The minimum Gasteiger partial charge on any atom is -0.469 e. The van der Waals surface area contributed by atoms with Gasteiger partial charge >= 0.3 is 18.1 Å². The number of nitrogen functional groups attached to an aromatic ring is 1. The number of methoxy groups -OCH3 is 1. The van der Waals surface area contributed by atoms with Crippen LogP contribution in [-0.2, 0) is 31.7 Å². The topological polar surface area (TPSA) is 81.9 Å². The molecule has 1 aliphatic rings. The van der Waals surface area contributed by atoms with Gasteiger partial charge in [-0.3, -0.25) is 9.59 Å². The summed E-state index contributed by atoms with van der Waals surface area (Å²) in [6, 6.07) is 2.08. The van der Waals surface area contributed by atoms with E-state index in [4.69, 9.17) is 10.5 Å². The summed E-state index contributed by atoms with van der Waals surface area (Å²) >= 11 is 0. The summed E-state index contributed by atoms with van der Waals surface area (Å²) in [5.74, 6) is -1.04. The number of carbonyl (C=O) groups is 2. The molecule has 1 saturated heterocycles. The first-order valence-electron chi connectivity index (χ1n) is 7.60. The van der Waals surface area contributed by atoms with Gasteiger partial charge in [0.15, 0.2) is 0 Å². The number of anilines is 2. The maximum atomic E-state index is 13.2. The van der Waals surface area contributed by atoms with Crippen LogP contribution < -0.4 is 10.6 Å². The Morgan fingerprint density at radius 2 is 2.04 bits per heavy atom. The average Bonchev–Trinajstić information content (AvgIpc) is 2.93. The summed E-state index contributed by atoms with van der Waals surface area (Å²) in [6.07, 6.45) is -4.74. The Kier molecular flexibility index (Phi) is 5.44. The minimum atomic E-state index is -4.61. The molecule has 2 rings (SSSR count). The molecule has 1 aliphatic heterocycles. The zero-order valence-corrected chi connectivity index (χ0v) is 13.9. The van der Waals surface area contributed by atoms with Crippen molar-refractivity contribution in [3.63, 3.8) is 0 Å². The number of halogens is 3. The molecule has 0 saturated carbocycles. The van der Waals surface area contributed by atoms with E-state index in [1.165, 1.54) is 14.0 Å². The molecule has 138 valence electrons. The van der Waals surface area contributed by atoms with Crippen LogP contribution in [-0.4, -0.2) is 38.2 Å².